The summed E-state index contributed by atoms with van der Waals surface area (Å²) in [5.74, 6) is 1.38. The Balaban J connectivity index is 0.000000871. The molecule has 0 bridgehead atoms. The third-order valence-corrected chi connectivity index (χ3v) is 6.11. The maximum atomic E-state index is 3.56. The summed E-state index contributed by atoms with van der Waals surface area (Å²) < 4.78 is 0. The summed E-state index contributed by atoms with van der Waals surface area (Å²) in [5.41, 5.74) is 8.81. The smallest absolute Gasteiger partial charge is 1.00 e. The monoisotopic (exact) mass is 471 g/mol. The molecule has 27 heavy (non-hydrogen) atoms. The molecule has 1 saturated carbocycles. The zero-order valence-corrected chi connectivity index (χ0v) is 19.3. The molecule has 0 aliphatic heterocycles. The van der Waals surface area contributed by atoms with Crippen molar-refractivity contribution in [3.63, 3.8) is 0 Å². The van der Waals surface area contributed by atoms with Crippen molar-refractivity contribution in [3.8, 4) is 11.1 Å². The predicted octanol–water partition coefficient (Wildman–Crippen LogP) is 0.531. The van der Waals surface area contributed by atoms with Gasteiger partial charge in [-0.2, -0.15) is 17.7 Å². The number of fused-ring (bicyclic) bond motifs is 3. The Morgan fingerprint density at radius 1 is 0.778 bits per heavy atom. The van der Waals surface area contributed by atoms with Crippen LogP contribution in [-0.4, -0.2) is 0 Å². The summed E-state index contributed by atoms with van der Waals surface area (Å²) in [6.45, 7) is 0. The minimum atomic E-state index is 0. The summed E-state index contributed by atoms with van der Waals surface area (Å²) >= 11 is 0. The van der Waals surface area contributed by atoms with E-state index in [1.54, 1.807) is 11.1 Å². The Morgan fingerprint density at radius 3 is 2.22 bits per heavy atom. The summed E-state index contributed by atoms with van der Waals surface area (Å²) in [4.78, 5) is 0. The topological polar surface area (TPSA) is 0 Å². The maximum Gasteiger partial charge on any atom is 3.00 e. The van der Waals surface area contributed by atoms with Gasteiger partial charge in [0.1, 0.15) is 0 Å². The Hall–Kier alpha value is -0.617. The molecule has 2 aromatic rings. The van der Waals surface area contributed by atoms with Gasteiger partial charge in [-0.05, 0) is 35.4 Å². The van der Waals surface area contributed by atoms with Crippen molar-refractivity contribution in [2.75, 3.05) is 0 Å². The Kier molecular flexibility index (Phi) is 8.17. The van der Waals surface area contributed by atoms with Gasteiger partial charge in [0, 0.05) is 5.92 Å². The van der Waals surface area contributed by atoms with Gasteiger partial charge in [-0.25, -0.2) is 0 Å². The zero-order valence-electron chi connectivity index (χ0n) is 15.3. The molecule has 1 fully saturated rings. The normalized spacial score (nSPS) is 19.9. The number of allylic oxidation sites excluding steroid dienone is 4. The molecule has 1 unspecified atom stereocenters. The first-order valence-electron chi connectivity index (χ1n) is 9.43. The van der Waals surface area contributed by atoms with Crippen molar-refractivity contribution in [3.05, 3.63) is 77.4 Å². The summed E-state index contributed by atoms with van der Waals surface area (Å²) in [6.07, 6.45) is 16.0. The van der Waals surface area contributed by atoms with Crippen LogP contribution in [0.15, 0.2) is 54.6 Å². The SMILES string of the molecule is [C-]1=C(c2cccc3c2C(C2CCCCC2)c2ccccc2-3)C=CC1.[Cl-].[Cl-].[Zr+3]. The van der Waals surface area contributed by atoms with Crippen molar-refractivity contribution < 1.29 is 51.0 Å². The third-order valence-electron chi connectivity index (χ3n) is 6.11. The van der Waals surface area contributed by atoms with Crippen LogP contribution in [0.5, 0.6) is 0 Å². The van der Waals surface area contributed by atoms with E-state index in [4.69, 9.17) is 0 Å². The van der Waals surface area contributed by atoms with E-state index in [0.29, 0.717) is 5.92 Å². The first kappa shape index (κ1) is 22.7. The molecule has 5 rings (SSSR count). The second-order valence-corrected chi connectivity index (χ2v) is 7.43. The van der Waals surface area contributed by atoms with Crippen molar-refractivity contribution in [2.24, 2.45) is 5.92 Å². The minimum absolute atomic E-state index is 0. The van der Waals surface area contributed by atoms with E-state index in [-0.39, 0.29) is 51.0 Å². The summed E-state index contributed by atoms with van der Waals surface area (Å²) in [7, 11) is 0. The van der Waals surface area contributed by atoms with Crippen molar-refractivity contribution in [1.29, 1.82) is 0 Å². The largest absolute Gasteiger partial charge is 3.00 e. The maximum absolute atomic E-state index is 3.56. The van der Waals surface area contributed by atoms with Crippen molar-refractivity contribution in [1.82, 2.24) is 0 Å². The van der Waals surface area contributed by atoms with Gasteiger partial charge in [0.15, 0.2) is 0 Å². The average Bonchev–Trinajstić information content (AvgIpc) is 3.28. The fourth-order valence-corrected chi connectivity index (χ4v) is 5.09. The molecule has 137 valence electrons. The number of rotatable bonds is 2. The van der Waals surface area contributed by atoms with Crippen LogP contribution in [0, 0.1) is 12.0 Å². The van der Waals surface area contributed by atoms with Crippen LogP contribution in [0.4, 0.5) is 0 Å². The fraction of sp³-hybridized carbons (Fsp3) is 0.333. The van der Waals surface area contributed by atoms with E-state index in [1.165, 1.54) is 54.4 Å². The van der Waals surface area contributed by atoms with Gasteiger partial charge in [0.25, 0.3) is 0 Å². The molecule has 0 spiro atoms. The van der Waals surface area contributed by atoms with Crippen LogP contribution in [-0.2, 0) is 26.2 Å². The second kappa shape index (κ2) is 9.73. The molecule has 0 aromatic heterocycles. The van der Waals surface area contributed by atoms with Crippen LogP contribution in [0.3, 0.4) is 0 Å². The van der Waals surface area contributed by atoms with E-state index in [1.807, 2.05) is 0 Å². The van der Waals surface area contributed by atoms with Gasteiger partial charge >= 0.3 is 26.2 Å². The molecule has 3 aliphatic rings. The number of hydrogen-bond acceptors (Lipinski definition) is 0. The van der Waals surface area contributed by atoms with Crippen LogP contribution in [0.2, 0.25) is 0 Å². The molecule has 1 atom stereocenters. The molecule has 0 amide bonds. The average molecular weight is 474 g/mol. The number of halogens is 2. The molecule has 0 saturated heterocycles. The molecular formula is C24H23Cl2Zr. The van der Waals surface area contributed by atoms with Gasteiger partial charge in [0.2, 0.25) is 0 Å². The van der Waals surface area contributed by atoms with Crippen molar-refractivity contribution >= 4 is 5.57 Å². The van der Waals surface area contributed by atoms with Gasteiger partial charge in [-0.15, -0.1) is 17.7 Å². The molecular weight excluding hydrogens is 450 g/mol. The molecule has 0 N–H and O–H groups in total. The van der Waals surface area contributed by atoms with E-state index in [0.717, 1.165) is 12.3 Å². The van der Waals surface area contributed by atoms with Crippen LogP contribution in [0.1, 0.15) is 61.1 Å². The number of benzene rings is 2. The standard InChI is InChI=1S/C24H23.2ClH.Zr/c1-2-11-18(12-3-1)23-21-14-7-6-13-20(21)22-16-8-15-19(24(22)23)17-9-4-5-10-17;;;/h4,6-9,13-16,18,23H,1-3,5,11-12H2;2*1H;/q-1;;;+3/p-2. The van der Waals surface area contributed by atoms with E-state index >= 15 is 0 Å². The first-order chi connectivity index (χ1) is 11.9. The van der Waals surface area contributed by atoms with Crippen LogP contribution < -0.4 is 24.8 Å². The second-order valence-electron chi connectivity index (χ2n) is 7.43. The van der Waals surface area contributed by atoms with Crippen LogP contribution >= 0.6 is 0 Å². The van der Waals surface area contributed by atoms with Gasteiger partial charge in [-0.1, -0.05) is 67.6 Å². The quantitative estimate of drug-likeness (QED) is 0.559. The molecule has 3 heteroatoms. The van der Waals surface area contributed by atoms with Gasteiger partial charge in [-0.3, -0.25) is 0 Å². The molecule has 1 radical (unpaired) electrons. The Morgan fingerprint density at radius 2 is 1.48 bits per heavy atom. The van der Waals surface area contributed by atoms with E-state index in [2.05, 4.69) is 60.7 Å². The van der Waals surface area contributed by atoms with Crippen LogP contribution in [0.25, 0.3) is 16.7 Å². The molecule has 0 nitrogen and oxygen atoms in total. The summed E-state index contributed by atoms with van der Waals surface area (Å²) in [6, 6.07) is 16.0. The zero-order chi connectivity index (χ0) is 15.9. The first-order valence-corrected chi connectivity index (χ1v) is 9.43. The third kappa shape index (κ3) is 3.94. The predicted molar refractivity (Wildman–Crippen MR) is 101 cm³/mol. The number of hydrogen-bond donors (Lipinski definition) is 0. The Bertz CT molecular complexity index is 847. The fourth-order valence-electron chi connectivity index (χ4n) is 5.09. The van der Waals surface area contributed by atoms with Gasteiger partial charge in [0.05, 0.1) is 0 Å². The van der Waals surface area contributed by atoms with E-state index in [9.17, 15) is 0 Å². The van der Waals surface area contributed by atoms with E-state index < -0.39 is 0 Å². The Labute approximate surface area is 194 Å². The molecule has 2 aromatic carbocycles. The molecule has 3 aliphatic carbocycles. The minimum Gasteiger partial charge on any atom is -1.00 e. The summed E-state index contributed by atoms with van der Waals surface area (Å²) in [5, 5.41) is 0. The molecule has 0 heterocycles. The van der Waals surface area contributed by atoms with Gasteiger partial charge < -0.3 is 24.8 Å². The van der Waals surface area contributed by atoms with Crippen molar-refractivity contribution in [2.45, 2.75) is 44.4 Å².